The third-order valence-electron chi connectivity index (χ3n) is 4.65. The van der Waals surface area contributed by atoms with Crippen LogP contribution < -0.4 is 15.4 Å². The molecule has 0 atom stereocenters. The van der Waals surface area contributed by atoms with Gasteiger partial charge in [-0.1, -0.05) is 35.4 Å². The van der Waals surface area contributed by atoms with Crippen molar-refractivity contribution in [3.63, 3.8) is 0 Å². The van der Waals surface area contributed by atoms with Gasteiger partial charge in [-0.2, -0.15) is 5.26 Å². The zero-order valence-corrected chi connectivity index (χ0v) is 19.2. The van der Waals surface area contributed by atoms with Crippen LogP contribution in [0.4, 0.5) is 17.1 Å². The number of carbonyl (C=O) groups excluding carboxylic acids is 2. The summed E-state index contributed by atoms with van der Waals surface area (Å²) in [6, 6.07) is 18.9. The summed E-state index contributed by atoms with van der Waals surface area (Å²) >= 11 is 6.07. The number of hydrogen-bond donors (Lipinski definition) is 2. The number of carbonyl (C=O) groups is 2. The minimum Gasteiger partial charge on any atom is -0.483 e. The Hall–Kier alpha value is -4.68. The molecule has 0 heterocycles. The van der Waals surface area contributed by atoms with Crippen molar-refractivity contribution in [3.8, 4) is 11.8 Å². The van der Waals surface area contributed by atoms with Crippen LogP contribution in [0.25, 0.3) is 6.08 Å². The topological polar surface area (TPSA) is 134 Å². The fourth-order valence-corrected chi connectivity index (χ4v) is 3.12. The van der Waals surface area contributed by atoms with Crippen LogP contribution in [0.2, 0.25) is 5.02 Å². The van der Waals surface area contributed by atoms with E-state index >= 15 is 0 Å². The first kappa shape index (κ1) is 25.0. The Labute approximate surface area is 205 Å². The monoisotopic (exact) mass is 490 g/mol. The summed E-state index contributed by atoms with van der Waals surface area (Å²) in [5, 5.41) is 25.9. The van der Waals surface area contributed by atoms with Crippen molar-refractivity contribution in [1.82, 2.24) is 0 Å². The highest BCUT2D eigenvalue weighted by Gasteiger charge is 2.14. The standard InChI is InChI=1S/C25H19ClN4O5/c1-16-5-8-20(9-6-16)28-24(31)15-35-23-10-7-19(26)12-17(23)11-18(14-27)25(32)29-21-3-2-4-22(13-21)30(33)34/h2-13H,15H2,1H3,(H,28,31)(H,29,32)/b18-11+. The van der Waals surface area contributed by atoms with Gasteiger partial charge in [-0.15, -0.1) is 0 Å². The fourth-order valence-electron chi connectivity index (χ4n) is 2.94. The molecule has 3 rings (SSSR count). The van der Waals surface area contributed by atoms with Crippen molar-refractivity contribution in [2.24, 2.45) is 0 Å². The van der Waals surface area contributed by atoms with Crippen LogP contribution in [0.1, 0.15) is 11.1 Å². The molecule has 2 N–H and O–H groups in total. The number of anilines is 2. The van der Waals surface area contributed by atoms with E-state index < -0.39 is 16.7 Å². The molecular weight excluding hydrogens is 472 g/mol. The lowest BCUT2D eigenvalue weighted by Crippen LogP contribution is -2.20. The van der Waals surface area contributed by atoms with Gasteiger partial charge in [0.15, 0.2) is 6.61 Å². The third-order valence-corrected chi connectivity index (χ3v) is 4.88. The highest BCUT2D eigenvalue weighted by molar-refractivity contribution is 6.30. The number of nitro groups is 1. The number of nitriles is 1. The zero-order valence-electron chi connectivity index (χ0n) is 18.4. The number of non-ortho nitro benzene ring substituents is 1. The van der Waals surface area contributed by atoms with E-state index in [2.05, 4.69) is 10.6 Å². The molecule has 3 aromatic carbocycles. The van der Waals surface area contributed by atoms with Gasteiger partial charge in [0.25, 0.3) is 17.5 Å². The van der Waals surface area contributed by atoms with Crippen LogP contribution in [-0.4, -0.2) is 23.3 Å². The molecule has 0 aromatic heterocycles. The number of amides is 2. The average molecular weight is 491 g/mol. The van der Waals surface area contributed by atoms with Gasteiger partial charge >= 0.3 is 0 Å². The fraction of sp³-hybridized carbons (Fsp3) is 0.0800. The third kappa shape index (κ3) is 7.15. The maximum Gasteiger partial charge on any atom is 0.271 e. The molecule has 0 spiro atoms. The van der Waals surface area contributed by atoms with Gasteiger partial charge in [0.2, 0.25) is 0 Å². The van der Waals surface area contributed by atoms with Crippen LogP contribution in [0.15, 0.2) is 72.3 Å². The van der Waals surface area contributed by atoms with Gasteiger partial charge in [-0.05, 0) is 49.4 Å². The minimum atomic E-state index is -0.781. The zero-order chi connectivity index (χ0) is 25.4. The first-order valence-corrected chi connectivity index (χ1v) is 10.6. The number of ether oxygens (including phenoxy) is 1. The molecule has 0 radical (unpaired) electrons. The van der Waals surface area contributed by atoms with Crippen molar-refractivity contribution in [2.75, 3.05) is 17.2 Å². The molecule has 9 nitrogen and oxygen atoms in total. The molecule has 10 heteroatoms. The van der Waals surface area contributed by atoms with Gasteiger partial charge in [0, 0.05) is 34.1 Å². The Morgan fingerprint density at radius 1 is 1.09 bits per heavy atom. The van der Waals surface area contributed by atoms with Crippen molar-refractivity contribution in [2.45, 2.75) is 6.92 Å². The summed E-state index contributed by atoms with van der Waals surface area (Å²) in [4.78, 5) is 35.2. The summed E-state index contributed by atoms with van der Waals surface area (Å²) in [5.74, 6) is -0.956. The molecular formula is C25H19ClN4O5. The second kappa shape index (κ2) is 11.4. The predicted molar refractivity (Wildman–Crippen MR) is 132 cm³/mol. The Morgan fingerprint density at radius 2 is 1.83 bits per heavy atom. The molecule has 3 aromatic rings. The van der Waals surface area contributed by atoms with Crippen LogP contribution in [0, 0.1) is 28.4 Å². The SMILES string of the molecule is Cc1ccc(NC(=O)COc2ccc(Cl)cc2/C=C(\C#N)C(=O)Nc2cccc([N+](=O)[O-])c2)cc1. The second-order valence-corrected chi connectivity index (χ2v) is 7.75. The van der Waals surface area contributed by atoms with Crippen LogP contribution in [0.5, 0.6) is 5.75 Å². The summed E-state index contributed by atoms with van der Waals surface area (Å²) in [6.45, 7) is 1.61. The van der Waals surface area contributed by atoms with E-state index in [0.717, 1.165) is 5.56 Å². The van der Waals surface area contributed by atoms with Gasteiger partial charge in [0.05, 0.1) is 4.92 Å². The van der Waals surface area contributed by atoms with Crippen molar-refractivity contribution in [3.05, 3.63) is 98.6 Å². The molecule has 0 fully saturated rings. The Kier molecular flexibility index (Phi) is 8.16. The molecule has 176 valence electrons. The van der Waals surface area contributed by atoms with Crippen LogP contribution in [0.3, 0.4) is 0 Å². The Morgan fingerprint density at radius 3 is 2.51 bits per heavy atom. The van der Waals surface area contributed by atoms with E-state index in [1.165, 1.54) is 42.5 Å². The Balaban J connectivity index is 1.75. The highest BCUT2D eigenvalue weighted by Crippen LogP contribution is 2.26. The number of rotatable bonds is 8. The summed E-state index contributed by atoms with van der Waals surface area (Å²) in [6.07, 6.45) is 1.26. The van der Waals surface area contributed by atoms with E-state index in [1.54, 1.807) is 24.3 Å². The van der Waals surface area contributed by atoms with Crippen molar-refractivity contribution in [1.29, 1.82) is 5.26 Å². The lowest BCUT2D eigenvalue weighted by atomic mass is 10.1. The summed E-state index contributed by atoms with van der Waals surface area (Å²) in [7, 11) is 0. The molecule has 0 aliphatic rings. The number of nitrogens with zero attached hydrogens (tertiary/aromatic N) is 2. The van der Waals surface area contributed by atoms with Crippen molar-refractivity contribution >= 4 is 46.6 Å². The maximum absolute atomic E-state index is 12.6. The smallest absolute Gasteiger partial charge is 0.271 e. The molecule has 0 aliphatic heterocycles. The van der Waals surface area contributed by atoms with Crippen LogP contribution in [-0.2, 0) is 9.59 Å². The number of aryl methyl sites for hydroxylation is 1. The second-order valence-electron chi connectivity index (χ2n) is 7.32. The number of halogens is 1. The number of hydrogen-bond acceptors (Lipinski definition) is 6. The van der Waals surface area contributed by atoms with Crippen molar-refractivity contribution < 1.29 is 19.2 Å². The molecule has 2 amide bonds. The van der Waals surface area contributed by atoms with E-state index in [1.807, 2.05) is 19.1 Å². The Bertz CT molecular complexity index is 1350. The molecule has 0 saturated carbocycles. The van der Waals surface area contributed by atoms with Gasteiger partial charge in [-0.3, -0.25) is 19.7 Å². The summed E-state index contributed by atoms with van der Waals surface area (Å²) < 4.78 is 5.60. The highest BCUT2D eigenvalue weighted by atomic mass is 35.5. The van der Waals surface area contributed by atoms with E-state index in [9.17, 15) is 25.0 Å². The molecule has 0 saturated heterocycles. The summed E-state index contributed by atoms with van der Waals surface area (Å²) in [5.41, 5.74) is 1.62. The normalized spacial score (nSPS) is 10.7. The predicted octanol–water partition coefficient (Wildman–Crippen LogP) is 5.12. The maximum atomic E-state index is 12.6. The van der Waals surface area contributed by atoms with E-state index in [0.29, 0.717) is 16.3 Å². The van der Waals surface area contributed by atoms with Gasteiger partial charge < -0.3 is 15.4 Å². The molecule has 35 heavy (non-hydrogen) atoms. The average Bonchev–Trinajstić information content (AvgIpc) is 2.83. The number of nitro benzene ring substituents is 1. The van der Waals surface area contributed by atoms with E-state index in [-0.39, 0.29) is 29.3 Å². The first-order valence-electron chi connectivity index (χ1n) is 10.2. The lowest BCUT2D eigenvalue weighted by molar-refractivity contribution is -0.384. The minimum absolute atomic E-state index is 0.153. The van der Waals surface area contributed by atoms with Gasteiger partial charge in [-0.25, -0.2) is 0 Å². The number of nitrogens with one attached hydrogen (secondary N) is 2. The van der Waals surface area contributed by atoms with E-state index in [4.69, 9.17) is 16.3 Å². The molecule has 0 unspecified atom stereocenters. The van der Waals surface area contributed by atoms with Crippen LogP contribution >= 0.6 is 11.6 Å². The largest absolute Gasteiger partial charge is 0.483 e. The van der Waals surface area contributed by atoms with Gasteiger partial charge in [0.1, 0.15) is 17.4 Å². The first-order chi connectivity index (χ1) is 16.7. The molecule has 0 aliphatic carbocycles. The lowest BCUT2D eigenvalue weighted by Gasteiger charge is -2.11. The quantitative estimate of drug-likeness (QED) is 0.195. The number of benzene rings is 3. The molecule has 0 bridgehead atoms.